The Morgan fingerprint density at radius 3 is 2.45 bits per heavy atom. The molecule has 0 bridgehead atoms. The number of aromatic nitrogens is 1. The molecule has 2 aromatic carbocycles. The second kappa shape index (κ2) is 7.31. The maximum absolute atomic E-state index is 13.1. The van der Waals surface area contributed by atoms with E-state index in [1.807, 2.05) is 24.3 Å². The molecule has 0 fully saturated rings. The van der Waals surface area contributed by atoms with Gasteiger partial charge in [-0.25, -0.2) is 8.42 Å². The smallest absolute Gasteiger partial charge is 0.273 e. The summed E-state index contributed by atoms with van der Waals surface area (Å²) in [4.78, 5) is 30.3. The van der Waals surface area contributed by atoms with Crippen molar-refractivity contribution in [1.82, 2.24) is 9.88 Å². The third-order valence-electron chi connectivity index (χ3n) is 5.71. The van der Waals surface area contributed by atoms with Crippen LogP contribution in [-0.2, 0) is 22.9 Å². The standard InChI is InChI=1S/C23H19N3O4S/c27-22-19-5-3-13-24-21(19)23(28)25(22)14-11-16-7-9-18(10-8-16)31(29,30)26-15-12-17-4-1-2-6-20(17)26/h1-10,13H,11-12,14-15H2. The van der Waals surface area contributed by atoms with E-state index < -0.39 is 15.9 Å². The van der Waals surface area contributed by atoms with Crippen LogP contribution in [0.3, 0.4) is 0 Å². The number of carbonyl (C=O) groups is 2. The van der Waals surface area contributed by atoms with Crippen LogP contribution in [0.2, 0.25) is 0 Å². The SMILES string of the molecule is O=C1c2cccnc2C(=O)N1CCc1ccc(S(=O)(=O)N2CCc3ccccc32)cc1. The number of hydrogen-bond acceptors (Lipinski definition) is 5. The Balaban J connectivity index is 1.30. The topological polar surface area (TPSA) is 87.6 Å². The van der Waals surface area contributed by atoms with Gasteiger partial charge in [-0.05, 0) is 54.3 Å². The van der Waals surface area contributed by atoms with Gasteiger partial charge in [0.2, 0.25) is 0 Å². The van der Waals surface area contributed by atoms with Gasteiger partial charge >= 0.3 is 0 Å². The van der Waals surface area contributed by atoms with Crippen LogP contribution in [-0.4, -0.2) is 43.2 Å². The predicted molar refractivity (Wildman–Crippen MR) is 114 cm³/mol. The average molecular weight is 433 g/mol. The molecule has 5 rings (SSSR count). The molecule has 7 nitrogen and oxygen atoms in total. The summed E-state index contributed by atoms with van der Waals surface area (Å²) in [6, 6.07) is 17.4. The fourth-order valence-electron chi connectivity index (χ4n) is 4.07. The molecule has 3 aromatic rings. The molecule has 2 amide bonds. The Hall–Kier alpha value is -3.52. The molecule has 0 saturated carbocycles. The van der Waals surface area contributed by atoms with Crippen molar-refractivity contribution in [1.29, 1.82) is 0 Å². The average Bonchev–Trinajstić information content (AvgIpc) is 3.33. The van der Waals surface area contributed by atoms with Gasteiger partial charge in [0, 0.05) is 19.3 Å². The molecule has 0 radical (unpaired) electrons. The van der Waals surface area contributed by atoms with Gasteiger partial charge in [-0.3, -0.25) is 23.8 Å². The first-order valence-electron chi connectivity index (χ1n) is 9.97. The highest BCUT2D eigenvalue weighted by Crippen LogP contribution is 2.32. The Kier molecular flexibility index (Phi) is 4.59. The first kappa shape index (κ1) is 19.4. The number of pyridine rings is 1. The number of hydrogen-bond donors (Lipinski definition) is 0. The van der Waals surface area contributed by atoms with Crippen LogP contribution < -0.4 is 4.31 Å². The number of carbonyl (C=O) groups excluding carboxylic acids is 2. The molecule has 0 atom stereocenters. The summed E-state index contributed by atoms with van der Waals surface area (Å²) < 4.78 is 27.7. The van der Waals surface area contributed by atoms with Crippen LogP contribution in [0.5, 0.6) is 0 Å². The third kappa shape index (κ3) is 3.19. The molecule has 2 aliphatic rings. The fourth-order valence-corrected chi connectivity index (χ4v) is 5.57. The molecule has 1 aromatic heterocycles. The molecule has 31 heavy (non-hydrogen) atoms. The lowest BCUT2D eigenvalue weighted by Gasteiger charge is -2.20. The van der Waals surface area contributed by atoms with E-state index in [-0.39, 0.29) is 23.0 Å². The van der Waals surface area contributed by atoms with Crippen LogP contribution in [0.1, 0.15) is 32.0 Å². The van der Waals surface area contributed by atoms with Crippen molar-refractivity contribution in [3.05, 3.63) is 89.2 Å². The monoisotopic (exact) mass is 433 g/mol. The van der Waals surface area contributed by atoms with Gasteiger partial charge in [0.1, 0.15) is 5.69 Å². The number of benzene rings is 2. The second-order valence-corrected chi connectivity index (χ2v) is 9.37. The van der Waals surface area contributed by atoms with E-state index in [0.29, 0.717) is 24.9 Å². The Morgan fingerprint density at radius 1 is 0.903 bits per heavy atom. The molecular weight excluding hydrogens is 414 g/mol. The largest absolute Gasteiger partial charge is 0.280 e. The van der Waals surface area contributed by atoms with Crippen LogP contribution in [0, 0.1) is 0 Å². The van der Waals surface area contributed by atoms with Crippen molar-refractivity contribution in [2.24, 2.45) is 0 Å². The number of rotatable bonds is 5. The minimum Gasteiger partial charge on any atom is -0.273 e. The minimum atomic E-state index is -3.65. The van der Waals surface area contributed by atoms with E-state index in [2.05, 4.69) is 4.98 Å². The first-order valence-corrected chi connectivity index (χ1v) is 11.4. The number of amides is 2. The lowest BCUT2D eigenvalue weighted by atomic mass is 10.1. The fraction of sp³-hybridized carbons (Fsp3) is 0.174. The summed E-state index contributed by atoms with van der Waals surface area (Å²) in [6.07, 6.45) is 2.62. The molecule has 0 unspecified atom stereocenters. The van der Waals surface area contributed by atoms with Gasteiger partial charge in [-0.15, -0.1) is 0 Å². The zero-order chi connectivity index (χ0) is 21.6. The summed E-state index contributed by atoms with van der Waals surface area (Å²) in [7, 11) is -3.65. The molecule has 0 aliphatic carbocycles. The molecule has 0 spiro atoms. The molecular formula is C23H19N3O4S. The molecule has 2 aliphatic heterocycles. The van der Waals surface area contributed by atoms with E-state index in [1.54, 1.807) is 36.4 Å². The number of anilines is 1. The van der Waals surface area contributed by atoms with E-state index in [9.17, 15) is 18.0 Å². The van der Waals surface area contributed by atoms with E-state index in [0.717, 1.165) is 16.8 Å². The number of sulfonamides is 1. The van der Waals surface area contributed by atoms with Crippen molar-refractivity contribution >= 4 is 27.5 Å². The zero-order valence-electron chi connectivity index (χ0n) is 16.6. The maximum atomic E-state index is 13.1. The number of para-hydroxylation sites is 1. The van der Waals surface area contributed by atoms with Crippen molar-refractivity contribution in [2.45, 2.75) is 17.7 Å². The Labute approximate surface area is 180 Å². The van der Waals surface area contributed by atoms with Gasteiger partial charge in [-0.1, -0.05) is 30.3 Å². The highest BCUT2D eigenvalue weighted by molar-refractivity contribution is 7.92. The van der Waals surface area contributed by atoms with Gasteiger partial charge in [0.15, 0.2) is 0 Å². The molecule has 0 saturated heterocycles. The van der Waals surface area contributed by atoms with E-state index >= 15 is 0 Å². The normalized spacial score (nSPS) is 15.4. The van der Waals surface area contributed by atoms with Crippen LogP contribution >= 0.6 is 0 Å². The number of imide groups is 1. The molecule has 8 heteroatoms. The molecule has 156 valence electrons. The summed E-state index contributed by atoms with van der Waals surface area (Å²) in [5.41, 5.74) is 3.09. The van der Waals surface area contributed by atoms with Crippen molar-refractivity contribution in [2.75, 3.05) is 17.4 Å². The van der Waals surface area contributed by atoms with Crippen LogP contribution in [0.4, 0.5) is 5.69 Å². The third-order valence-corrected chi connectivity index (χ3v) is 7.54. The maximum Gasteiger partial charge on any atom is 0.280 e. The summed E-state index contributed by atoms with van der Waals surface area (Å²) in [5, 5.41) is 0. The van der Waals surface area contributed by atoms with E-state index in [1.165, 1.54) is 15.4 Å². The van der Waals surface area contributed by atoms with Crippen molar-refractivity contribution in [3.8, 4) is 0 Å². The predicted octanol–water partition coefficient (Wildman–Crippen LogP) is 2.67. The zero-order valence-corrected chi connectivity index (χ0v) is 17.4. The van der Waals surface area contributed by atoms with Gasteiger partial charge in [0.25, 0.3) is 21.8 Å². The summed E-state index contributed by atoms with van der Waals surface area (Å²) >= 11 is 0. The van der Waals surface area contributed by atoms with Gasteiger partial charge in [0.05, 0.1) is 16.1 Å². The number of fused-ring (bicyclic) bond motifs is 2. The Morgan fingerprint density at radius 2 is 1.68 bits per heavy atom. The summed E-state index contributed by atoms with van der Waals surface area (Å²) in [5.74, 6) is -0.743. The van der Waals surface area contributed by atoms with Gasteiger partial charge in [-0.2, -0.15) is 0 Å². The van der Waals surface area contributed by atoms with Crippen molar-refractivity contribution in [3.63, 3.8) is 0 Å². The lowest BCUT2D eigenvalue weighted by Crippen LogP contribution is -2.32. The van der Waals surface area contributed by atoms with Crippen LogP contribution in [0.25, 0.3) is 0 Å². The Bertz CT molecular complexity index is 1270. The second-order valence-electron chi connectivity index (χ2n) is 7.51. The molecule has 3 heterocycles. The highest BCUT2D eigenvalue weighted by atomic mass is 32.2. The van der Waals surface area contributed by atoms with Gasteiger partial charge < -0.3 is 0 Å². The van der Waals surface area contributed by atoms with Crippen molar-refractivity contribution < 1.29 is 18.0 Å². The lowest BCUT2D eigenvalue weighted by molar-refractivity contribution is 0.0654. The summed E-state index contributed by atoms with van der Waals surface area (Å²) in [6.45, 7) is 0.636. The first-order chi connectivity index (χ1) is 15.0. The quantitative estimate of drug-likeness (QED) is 0.578. The highest BCUT2D eigenvalue weighted by Gasteiger charge is 2.36. The molecule has 0 N–H and O–H groups in total. The van der Waals surface area contributed by atoms with E-state index in [4.69, 9.17) is 0 Å². The minimum absolute atomic E-state index is 0.180. The number of nitrogens with zero attached hydrogens (tertiary/aromatic N) is 3. The van der Waals surface area contributed by atoms with Crippen LogP contribution in [0.15, 0.2) is 71.8 Å².